The van der Waals surface area contributed by atoms with Crippen LogP contribution in [0.5, 0.6) is 0 Å². The fraction of sp³-hybridized carbons (Fsp3) is 0.125. The molecule has 7 heteroatoms. The number of aromatic nitrogens is 1. The van der Waals surface area contributed by atoms with Gasteiger partial charge in [-0.3, -0.25) is 0 Å². The van der Waals surface area contributed by atoms with Crippen molar-refractivity contribution < 1.29 is 19.6 Å². The lowest BCUT2D eigenvalue weighted by Gasteiger charge is -1.88. The molecule has 0 bridgehead atoms. The van der Waals surface area contributed by atoms with Crippen molar-refractivity contribution in [2.45, 2.75) is 6.61 Å². The summed E-state index contributed by atoms with van der Waals surface area (Å²) in [6.07, 6.45) is 0. The number of nitrogens with zero attached hydrogens (tertiary/aromatic N) is 1. The van der Waals surface area contributed by atoms with Crippen LogP contribution in [0.4, 0.5) is 5.69 Å². The fourth-order valence-corrected chi connectivity index (χ4v) is 1.06. The van der Waals surface area contributed by atoms with E-state index in [1.54, 1.807) is 18.2 Å². The number of rotatable bonds is 1. The van der Waals surface area contributed by atoms with Gasteiger partial charge in [-0.25, -0.2) is 4.98 Å². The summed E-state index contributed by atoms with van der Waals surface area (Å²) in [5, 5.41) is 23.0. The molecule has 80 valence electrons. The molecule has 0 aliphatic carbocycles. The highest BCUT2D eigenvalue weighted by Crippen LogP contribution is 2.17. The Labute approximate surface area is 86.3 Å². The van der Waals surface area contributed by atoms with Crippen LogP contribution in [0.15, 0.2) is 22.6 Å². The smallest absolute Gasteiger partial charge is 0.432 e. The van der Waals surface area contributed by atoms with Crippen LogP contribution >= 0.6 is 0 Å². The third kappa shape index (κ3) is 2.95. The Kier molecular flexibility index (Phi) is 4.10. The van der Waals surface area contributed by atoms with Crippen molar-refractivity contribution in [3.05, 3.63) is 24.1 Å². The summed E-state index contributed by atoms with van der Waals surface area (Å²) in [5.41, 5.74) is 7.50. The van der Waals surface area contributed by atoms with Gasteiger partial charge in [0, 0.05) is 5.69 Å². The molecule has 15 heavy (non-hydrogen) atoms. The summed E-state index contributed by atoms with van der Waals surface area (Å²) in [6, 6.07) is 5.17. The number of hydrogen-bond donors (Lipinski definition) is 4. The third-order valence-electron chi connectivity index (χ3n) is 1.59. The lowest BCUT2D eigenvalue weighted by molar-refractivity contribution is 0.244. The monoisotopic (exact) mass is 210 g/mol. The largest absolute Gasteiger partial charge is 0.438 e. The standard InChI is InChI=1S/C8H8N2O2.BH3O2/c9-5-1-2-7-6(3-5)10-8(4-11)12-7;2-1-3/h1-3,11H,4,9H2;1-3H. The second-order valence-corrected chi connectivity index (χ2v) is 2.63. The number of benzene rings is 1. The number of aliphatic hydroxyl groups is 1. The van der Waals surface area contributed by atoms with Gasteiger partial charge in [-0.2, -0.15) is 0 Å². The molecule has 0 saturated carbocycles. The normalized spacial score (nSPS) is 9.53. The van der Waals surface area contributed by atoms with Crippen molar-refractivity contribution in [3.8, 4) is 0 Å². The van der Waals surface area contributed by atoms with Crippen LogP contribution in [0.25, 0.3) is 11.1 Å². The van der Waals surface area contributed by atoms with Crippen LogP contribution in [-0.4, -0.2) is 27.8 Å². The van der Waals surface area contributed by atoms with Crippen LogP contribution in [-0.2, 0) is 6.61 Å². The first-order chi connectivity index (χ1) is 7.21. The highest BCUT2D eigenvalue weighted by molar-refractivity contribution is 6.13. The van der Waals surface area contributed by atoms with E-state index in [-0.39, 0.29) is 6.61 Å². The Morgan fingerprint density at radius 3 is 2.67 bits per heavy atom. The third-order valence-corrected chi connectivity index (χ3v) is 1.59. The molecule has 0 amide bonds. The predicted octanol–water partition coefficient (Wildman–Crippen LogP) is -0.860. The van der Waals surface area contributed by atoms with Crippen molar-refractivity contribution in [2.75, 3.05) is 5.73 Å². The second kappa shape index (κ2) is 5.35. The lowest BCUT2D eigenvalue weighted by Crippen LogP contribution is -1.82. The number of nitrogens with two attached hydrogens (primary N) is 1. The zero-order chi connectivity index (χ0) is 11.3. The van der Waals surface area contributed by atoms with Gasteiger partial charge in [-0.15, -0.1) is 0 Å². The first kappa shape index (κ1) is 11.5. The maximum atomic E-state index is 8.72. The van der Waals surface area contributed by atoms with Crippen LogP contribution in [0, 0.1) is 0 Å². The molecule has 0 aliphatic rings. The molecular formula is C8H11BN2O4. The minimum absolute atomic E-state index is 0.186. The summed E-state index contributed by atoms with van der Waals surface area (Å²) in [6.45, 7) is -0.186. The molecule has 6 nitrogen and oxygen atoms in total. The second-order valence-electron chi connectivity index (χ2n) is 2.63. The van der Waals surface area contributed by atoms with Crippen molar-refractivity contribution in [3.63, 3.8) is 0 Å². The van der Waals surface area contributed by atoms with Gasteiger partial charge in [-0.05, 0) is 18.2 Å². The quantitative estimate of drug-likeness (QED) is 0.359. The maximum Gasteiger partial charge on any atom is 0.432 e. The molecule has 5 N–H and O–H groups in total. The van der Waals surface area contributed by atoms with Gasteiger partial charge in [0.2, 0.25) is 5.89 Å². The number of anilines is 1. The predicted molar refractivity (Wildman–Crippen MR) is 55.9 cm³/mol. The molecule has 1 heterocycles. The Balaban J connectivity index is 0.000000337. The molecule has 0 spiro atoms. The van der Waals surface area contributed by atoms with E-state index in [0.29, 0.717) is 22.7 Å². The van der Waals surface area contributed by atoms with Crippen molar-refractivity contribution in [2.24, 2.45) is 0 Å². The van der Waals surface area contributed by atoms with Gasteiger partial charge < -0.3 is 25.3 Å². The highest BCUT2D eigenvalue weighted by atomic mass is 16.4. The van der Waals surface area contributed by atoms with Crippen molar-refractivity contribution in [1.29, 1.82) is 0 Å². The van der Waals surface area contributed by atoms with Crippen molar-refractivity contribution in [1.82, 2.24) is 4.98 Å². The Morgan fingerprint density at radius 2 is 2.07 bits per heavy atom. The number of nitrogen functional groups attached to an aromatic ring is 1. The molecule has 2 rings (SSSR count). The van der Waals surface area contributed by atoms with E-state index in [0.717, 1.165) is 0 Å². The van der Waals surface area contributed by atoms with E-state index in [1.165, 1.54) is 0 Å². The minimum Gasteiger partial charge on any atom is -0.438 e. The molecule has 2 aromatic rings. The molecule has 0 radical (unpaired) electrons. The lowest BCUT2D eigenvalue weighted by atomic mass is 10.3. The summed E-state index contributed by atoms with van der Waals surface area (Å²) >= 11 is 0. The molecule has 0 atom stereocenters. The minimum atomic E-state index is -0.750. The van der Waals surface area contributed by atoms with Gasteiger partial charge in [0.1, 0.15) is 12.1 Å². The Bertz CT molecular complexity index is 431. The zero-order valence-corrected chi connectivity index (χ0v) is 7.92. The topological polar surface area (TPSA) is 113 Å². The van der Waals surface area contributed by atoms with Crippen LogP contribution in [0.2, 0.25) is 0 Å². The first-order valence-electron chi connectivity index (χ1n) is 4.18. The number of hydrogen-bond acceptors (Lipinski definition) is 6. The Morgan fingerprint density at radius 1 is 1.40 bits per heavy atom. The van der Waals surface area contributed by atoms with E-state index in [1.807, 2.05) is 0 Å². The van der Waals surface area contributed by atoms with Crippen LogP contribution < -0.4 is 5.73 Å². The summed E-state index contributed by atoms with van der Waals surface area (Å²) < 4.78 is 5.16. The van der Waals surface area contributed by atoms with E-state index in [2.05, 4.69) is 4.98 Å². The molecule has 0 saturated heterocycles. The van der Waals surface area contributed by atoms with Gasteiger partial charge in [0.25, 0.3) is 0 Å². The summed E-state index contributed by atoms with van der Waals surface area (Å²) in [7, 11) is -0.750. The maximum absolute atomic E-state index is 8.72. The van der Waals surface area contributed by atoms with Crippen LogP contribution in [0.3, 0.4) is 0 Å². The summed E-state index contributed by atoms with van der Waals surface area (Å²) in [5.74, 6) is 0.315. The molecular weight excluding hydrogens is 199 g/mol. The molecule has 1 aromatic carbocycles. The number of fused-ring (bicyclic) bond motifs is 1. The SMILES string of the molecule is Nc1ccc2oc(CO)nc2c1.OBO. The summed E-state index contributed by atoms with van der Waals surface area (Å²) in [4.78, 5) is 4.00. The van der Waals surface area contributed by atoms with Crippen molar-refractivity contribution >= 4 is 24.5 Å². The number of aliphatic hydroxyl groups excluding tert-OH is 1. The molecule has 0 aliphatic heterocycles. The average Bonchev–Trinajstić information content (AvgIpc) is 2.61. The molecule has 0 fully saturated rings. The van der Waals surface area contributed by atoms with E-state index in [4.69, 9.17) is 25.3 Å². The van der Waals surface area contributed by atoms with Crippen LogP contribution in [0.1, 0.15) is 5.89 Å². The van der Waals surface area contributed by atoms with Gasteiger partial charge >= 0.3 is 7.69 Å². The van der Waals surface area contributed by atoms with E-state index < -0.39 is 7.69 Å². The van der Waals surface area contributed by atoms with E-state index in [9.17, 15) is 0 Å². The zero-order valence-electron chi connectivity index (χ0n) is 7.92. The van der Waals surface area contributed by atoms with Gasteiger partial charge in [0.05, 0.1) is 0 Å². The molecule has 0 unspecified atom stereocenters. The average molecular weight is 210 g/mol. The highest BCUT2D eigenvalue weighted by Gasteiger charge is 2.03. The molecule has 1 aromatic heterocycles. The number of oxazole rings is 1. The van der Waals surface area contributed by atoms with Gasteiger partial charge in [0.15, 0.2) is 5.58 Å². The van der Waals surface area contributed by atoms with E-state index >= 15 is 0 Å². The Hall–Kier alpha value is -1.57. The first-order valence-corrected chi connectivity index (χ1v) is 4.18. The van der Waals surface area contributed by atoms with Gasteiger partial charge in [-0.1, -0.05) is 0 Å². The fourth-order valence-electron chi connectivity index (χ4n) is 1.06.